The fraction of sp³-hybridized carbons (Fsp3) is 0.312. The molecule has 2 atom stereocenters. The van der Waals surface area contributed by atoms with Gasteiger partial charge in [-0.25, -0.2) is 4.79 Å². The molecule has 20 heavy (non-hydrogen) atoms. The molecule has 0 radical (unpaired) electrons. The zero-order valence-electron chi connectivity index (χ0n) is 11.6. The molecule has 0 saturated carbocycles. The monoisotopic (exact) mass is 271 g/mol. The minimum atomic E-state index is -0.318. The predicted octanol–water partition coefficient (Wildman–Crippen LogP) is 3.17. The smallest absolute Gasteiger partial charge is 0.337 e. The highest BCUT2D eigenvalue weighted by Crippen LogP contribution is 2.31. The van der Waals surface area contributed by atoms with E-state index in [4.69, 9.17) is 9.47 Å². The third kappa shape index (κ3) is 2.34. The van der Waals surface area contributed by atoms with Crippen LogP contribution in [0.2, 0.25) is 0 Å². The zero-order valence-corrected chi connectivity index (χ0v) is 11.6. The van der Waals surface area contributed by atoms with Crippen LogP contribution in [-0.2, 0) is 9.47 Å². The predicted molar refractivity (Wildman–Crippen MR) is 77.9 cm³/mol. The lowest BCUT2D eigenvalue weighted by molar-refractivity contribution is 0.0601. The molecule has 1 saturated heterocycles. The van der Waals surface area contributed by atoms with Crippen molar-refractivity contribution in [1.82, 2.24) is 0 Å². The Bertz CT molecular complexity index is 653. The number of hydrogen-bond donors (Lipinski definition) is 1. The maximum absolute atomic E-state index is 11.6. The Morgan fingerprint density at radius 2 is 2.20 bits per heavy atom. The number of carbonyl (C=O) groups excluding carboxylic acids is 1. The van der Waals surface area contributed by atoms with E-state index in [-0.39, 0.29) is 12.2 Å². The standard InChI is InChI=1S/C16H17NO3/c1-3-14-15(20-14)17-13-6-4-5-10-9-11(16(18)19-2)7-8-12(10)13/h4-9,14-15,17H,3H2,1-2H3. The van der Waals surface area contributed by atoms with Crippen LogP contribution in [0.3, 0.4) is 0 Å². The number of anilines is 1. The molecule has 2 unspecified atom stereocenters. The number of nitrogens with one attached hydrogen (secondary N) is 1. The highest BCUT2D eigenvalue weighted by molar-refractivity contribution is 5.99. The molecule has 0 aliphatic carbocycles. The molecule has 4 heteroatoms. The second-order valence-corrected chi connectivity index (χ2v) is 4.88. The van der Waals surface area contributed by atoms with Crippen molar-refractivity contribution in [3.8, 4) is 0 Å². The summed E-state index contributed by atoms with van der Waals surface area (Å²) in [5, 5.41) is 5.46. The summed E-state index contributed by atoms with van der Waals surface area (Å²) in [6.45, 7) is 2.11. The number of methoxy groups -OCH3 is 1. The third-order valence-corrected chi connectivity index (χ3v) is 3.58. The van der Waals surface area contributed by atoms with Gasteiger partial charge in [0.2, 0.25) is 0 Å². The van der Waals surface area contributed by atoms with Crippen molar-refractivity contribution in [3.05, 3.63) is 42.0 Å². The average molecular weight is 271 g/mol. The van der Waals surface area contributed by atoms with Crippen LogP contribution in [0.15, 0.2) is 36.4 Å². The topological polar surface area (TPSA) is 50.9 Å². The Hall–Kier alpha value is -2.07. The lowest BCUT2D eigenvalue weighted by atomic mass is 10.1. The largest absolute Gasteiger partial charge is 0.465 e. The number of rotatable bonds is 4. The number of esters is 1. The highest BCUT2D eigenvalue weighted by atomic mass is 16.6. The minimum absolute atomic E-state index is 0.103. The molecule has 2 aromatic carbocycles. The van der Waals surface area contributed by atoms with E-state index in [1.165, 1.54) is 7.11 Å². The first-order chi connectivity index (χ1) is 9.72. The van der Waals surface area contributed by atoms with Gasteiger partial charge in [0.05, 0.1) is 12.7 Å². The van der Waals surface area contributed by atoms with E-state index in [0.717, 1.165) is 22.9 Å². The number of fused-ring (bicyclic) bond motifs is 1. The van der Waals surface area contributed by atoms with Crippen molar-refractivity contribution in [2.45, 2.75) is 25.7 Å². The summed E-state index contributed by atoms with van der Waals surface area (Å²) in [5.41, 5.74) is 1.59. The zero-order chi connectivity index (χ0) is 14.1. The Kier molecular flexibility index (Phi) is 3.32. The molecule has 2 aromatic rings. The fourth-order valence-electron chi connectivity index (χ4n) is 2.39. The first kappa shape index (κ1) is 12.9. The van der Waals surface area contributed by atoms with Crippen LogP contribution in [0.5, 0.6) is 0 Å². The molecule has 4 nitrogen and oxygen atoms in total. The lowest BCUT2D eigenvalue weighted by Crippen LogP contribution is -2.07. The van der Waals surface area contributed by atoms with Gasteiger partial charge in [-0.1, -0.05) is 25.1 Å². The number of epoxide rings is 1. The van der Waals surface area contributed by atoms with Crippen LogP contribution in [0, 0.1) is 0 Å². The molecular weight excluding hydrogens is 254 g/mol. The van der Waals surface area contributed by atoms with Gasteiger partial charge in [0.15, 0.2) is 6.23 Å². The van der Waals surface area contributed by atoms with E-state index in [0.29, 0.717) is 11.7 Å². The van der Waals surface area contributed by atoms with E-state index in [9.17, 15) is 4.79 Å². The van der Waals surface area contributed by atoms with Crippen molar-refractivity contribution in [1.29, 1.82) is 0 Å². The molecule has 1 aliphatic rings. The first-order valence-electron chi connectivity index (χ1n) is 6.76. The molecular formula is C16H17NO3. The molecule has 1 aliphatic heterocycles. The Labute approximate surface area is 117 Å². The van der Waals surface area contributed by atoms with Gasteiger partial charge in [-0.15, -0.1) is 0 Å². The summed E-state index contributed by atoms with van der Waals surface area (Å²) < 4.78 is 10.3. The van der Waals surface area contributed by atoms with Crippen molar-refractivity contribution < 1.29 is 14.3 Å². The van der Waals surface area contributed by atoms with Crippen molar-refractivity contribution >= 4 is 22.4 Å². The summed E-state index contributed by atoms with van der Waals surface area (Å²) in [6.07, 6.45) is 1.42. The minimum Gasteiger partial charge on any atom is -0.465 e. The molecule has 1 heterocycles. The lowest BCUT2D eigenvalue weighted by Gasteiger charge is -2.09. The molecule has 104 valence electrons. The summed E-state index contributed by atoms with van der Waals surface area (Å²) in [5.74, 6) is -0.318. The summed E-state index contributed by atoms with van der Waals surface area (Å²) >= 11 is 0. The molecule has 3 rings (SSSR count). The molecule has 1 N–H and O–H groups in total. The Morgan fingerprint density at radius 3 is 2.90 bits per heavy atom. The van der Waals surface area contributed by atoms with Gasteiger partial charge in [-0.3, -0.25) is 0 Å². The van der Waals surface area contributed by atoms with Crippen LogP contribution in [0.25, 0.3) is 10.8 Å². The highest BCUT2D eigenvalue weighted by Gasteiger charge is 2.37. The fourth-order valence-corrected chi connectivity index (χ4v) is 2.39. The van der Waals surface area contributed by atoms with E-state index in [2.05, 4.69) is 12.2 Å². The van der Waals surface area contributed by atoms with Crippen LogP contribution >= 0.6 is 0 Å². The second kappa shape index (κ2) is 5.13. The number of benzene rings is 2. The molecule has 0 aromatic heterocycles. The molecule has 0 bridgehead atoms. The first-order valence-corrected chi connectivity index (χ1v) is 6.76. The SMILES string of the molecule is CCC1OC1Nc1cccc2cc(C(=O)OC)ccc12. The van der Waals surface area contributed by atoms with Crippen LogP contribution in [0.1, 0.15) is 23.7 Å². The molecule has 1 fully saturated rings. The van der Waals surface area contributed by atoms with E-state index in [1.54, 1.807) is 6.07 Å². The van der Waals surface area contributed by atoms with Crippen LogP contribution in [-0.4, -0.2) is 25.4 Å². The number of ether oxygens (including phenoxy) is 2. The van der Waals surface area contributed by atoms with Gasteiger partial charge in [0, 0.05) is 11.1 Å². The molecule has 0 amide bonds. The Morgan fingerprint density at radius 1 is 1.35 bits per heavy atom. The van der Waals surface area contributed by atoms with E-state index >= 15 is 0 Å². The third-order valence-electron chi connectivity index (χ3n) is 3.58. The van der Waals surface area contributed by atoms with Crippen molar-refractivity contribution in [2.75, 3.05) is 12.4 Å². The average Bonchev–Trinajstić information content (AvgIpc) is 3.24. The van der Waals surface area contributed by atoms with Gasteiger partial charge < -0.3 is 14.8 Å². The normalized spacial score (nSPS) is 20.7. The van der Waals surface area contributed by atoms with Gasteiger partial charge in [-0.2, -0.15) is 0 Å². The van der Waals surface area contributed by atoms with Gasteiger partial charge in [-0.05, 0) is 30.0 Å². The maximum Gasteiger partial charge on any atom is 0.337 e. The summed E-state index contributed by atoms with van der Waals surface area (Å²) in [7, 11) is 1.39. The van der Waals surface area contributed by atoms with Gasteiger partial charge in [0.25, 0.3) is 0 Å². The Balaban J connectivity index is 1.92. The van der Waals surface area contributed by atoms with Crippen molar-refractivity contribution in [3.63, 3.8) is 0 Å². The quantitative estimate of drug-likeness (QED) is 0.685. The van der Waals surface area contributed by atoms with Crippen LogP contribution < -0.4 is 5.32 Å². The summed E-state index contributed by atoms with van der Waals surface area (Å²) in [6, 6.07) is 11.5. The van der Waals surface area contributed by atoms with Crippen molar-refractivity contribution in [2.24, 2.45) is 0 Å². The van der Waals surface area contributed by atoms with E-state index < -0.39 is 0 Å². The second-order valence-electron chi connectivity index (χ2n) is 4.88. The van der Waals surface area contributed by atoms with Gasteiger partial charge >= 0.3 is 5.97 Å². The summed E-state index contributed by atoms with van der Waals surface area (Å²) in [4.78, 5) is 11.6. The molecule has 0 spiro atoms. The van der Waals surface area contributed by atoms with Crippen LogP contribution in [0.4, 0.5) is 5.69 Å². The number of carbonyl (C=O) groups is 1. The van der Waals surface area contributed by atoms with E-state index in [1.807, 2.05) is 30.3 Å². The number of hydrogen-bond acceptors (Lipinski definition) is 4. The van der Waals surface area contributed by atoms with Gasteiger partial charge in [0.1, 0.15) is 6.10 Å². The maximum atomic E-state index is 11.6.